The van der Waals surface area contributed by atoms with E-state index in [0.29, 0.717) is 11.9 Å². The normalized spacial score (nSPS) is 24.7. The van der Waals surface area contributed by atoms with Gasteiger partial charge >= 0.3 is 0 Å². The van der Waals surface area contributed by atoms with Crippen molar-refractivity contribution in [2.24, 2.45) is 11.3 Å². The summed E-state index contributed by atoms with van der Waals surface area (Å²) in [5, 5.41) is 4.19. The number of thiophene rings is 1. The summed E-state index contributed by atoms with van der Waals surface area (Å²) in [4.78, 5) is 28.9. The standard InChI is InChI=1S/C20H26N2O2S/c1-15(23)22(13-16-6-11-25-14-16)18-12-20(18)7-9-21(10-8-20)19(24)17-4-2-3-5-17/h2-3,6,11,14,17-18H,4-5,7-10,12-13H2,1H3/t18-/m1/s1. The van der Waals surface area contributed by atoms with Crippen LogP contribution in [0, 0.1) is 11.3 Å². The van der Waals surface area contributed by atoms with Crippen LogP contribution in [0.3, 0.4) is 0 Å². The lowest BCUT2D eigenvalue weighted by Gasteiger charge is -2.36. The molecule has 5 heteroatoms. The summed E-state index contributed by atoms with van der Waals surface area (Å²) >= 11 is 1.68. The molecular formula is C20H26N2O2S. The Morgan fingerprint density at radius 3 is 2.60 bits per heavy atom. The molecule has 25 heavy (non-hydrogen) atoms. The van der Waals surface area contributed by atoms with Crippen molar-refractivity contribution in [2.75, 3.05) is 13.1 Å². The fourth-order valence-electron chi connectivity index (χ4n) is 4.57. The highest BCUT2D eigenvalue weighted by molar-refractivity contribution is 7.07. The first kappa shape index (κ1) is 16.8. The average molecular weight is 359 g/mol. The third kappa shape index (κ3) is 3.26. The largest absolute Gasteiger partial charge is 0.342 e. The van der Waals surface area contributed by atoms with Crippen molar-refractivity contribution < 1.29 is 9.59 Å². The number of piperidine rings is 1. The number of carbonyl (C=O) groups excluding carboxylic acids is 2. The van der Waals surface area contributed by atoms with E-state index in [1.54, 1.807) is 18.3 Å². The van der Waals surface area contributed by atoms with Gasteiger partial charge in [0.15, 0.2) is 0 Å². The first-order valence-corrected chi connectivity index (χ1v) is 10.3. The van der Waals surface area contributed by atoms with E-state index in [0.717, 1.165) is 51.7 Å². The Labute approximate surface area is 153 Å². The molecule has 0 bridgehead atoms. The molecule has 4 rings (SSSR count). The number of allylic oxidation sites excluding steroid dienone is 2. The minimum atomic E-state index is 0.170. The van der Waals surface area contributed by atoms with Gasteiger partial charge in [-0.15, -0.1) is 0 Å². The molecule has 2 amide bonds. The zero-order chi connectivity index (χ0) is 17.4. The summed E-state index contributed by atoms with van der Waals surface area (Å²) < 4.78 is 0. The molecule has 0 N–H and O–H groups in total. The molecule has 2 fully saturated rings. The number of hydrogen-bond donors (Lipinski definition) is 0. The van der Waals surface area contributed by atoms with E-state index in [1.807, 2.05) is 0 Å². The summed E-state index contributed by atoms with van der Waals surface area (Å²) in [6, 6.07) is 2.46. The van der Waals surface area contributed by atoms with Crippen molar-refractivity contribution in [3.8, 4) is 0 Å². The fraction of sp³-hybridized carbons (Fsp3) is 0.600. The van der Waals surface area contributed by atoms with Crippen LogP contribution in [0.2, 0.25) is 0 Å². The Morgan fingerprint density at radius 1 is 1.28 bits per heavy atom. The van der Waals surface area contributed by atoms with Crippen LogP contribution in [-0.2, 0) is 16.1 Å². The van der Waals surface area contributed by atoms with Crippen molar-refractivity contribution in [3.05, 3.63) is 34.5 Å². The fourth-order valence-corrected chi connectivity index (χ4v) is 5.23. The van der Waals surface area contributed by atoms with Gasteiger partial charge in [0.05, 0.1) is 0 Å². The van der Waals surface area contributed by atoms with Crippen LogP contribution in [0.25, 0.3) is 0 Å². The van der Waals surface area contributed by atoms with Crippen LogP contribution in [0.1, 0.15) is 44.6 Å². The van der Waals surface area contributed by atoms with Crippen molar-refractivity contribution in [2.45, 2.75) is 51.6 Å². The Balaban J connectivity index is 1.35. The van der Waals surface area contributed by atoms with E-state index in [1.165, 1.54) is 5.56 Å². The van der Waals surface area contributed by atoms with Gasteiger partial charge in [0.1, 0.15) is 0 Å². The SMILES string of the molecule is CC(=O)N(Cc1ccsc1)[C@@H]1CC12CCN(C(=O)C1CC=CC1)CC2. The lowest BCUT2D eigenvalue weighted by atomic mass is 9.91. The summed E-state index contributed by atoms with van der Waals surface area (Å²) in [6.45, 7) is 4.12. The maximum atomic E-state index is 12.6. The summed E-state index contributed by atoms with van der Waals surface area (Å²) in [5.41, 5.74) is 1.48. The van der Waals surface area contributed by atoms with Gasteiger partial charge in [0.25, 0.3) is 0 Å². The van der Waals surface area contributed by atoms with Crippen LogP contribution >= 0.6 is 11.3 Å². The zero-order valence-electron chi connectivity index (χ0n) is 14.8. The molecule has 3 aliphatic rings. The summed E-state index contributed by atoms with van der Waals surface area (Å²) in [5.74, 6) is 0.679. The molecule has 134 valence electrons. The molecule has 1 atom stereocenters. The summed E-state index contributed by atoms with van der Waals surface area (Å²) in [6.07, 6.45) is 9.24. The molecule has 1 aliphatic heterocycles. The third-order valence-corrected chi connectivity index (χ3v) is 7.02. The van der Waals surface area contributed by atoms with Gasteiger partial charge in [-0.05, 0) is 59.9 Å². The molecule has 1 saturated heterocycles. The molecule has 1 aromatic heterocycles. The highest BCUT2D eigenvalue weighted by Gasteiger charge is 2.58. The molecule has 2 heterocycles. The monoisotopic (exact) mass is 358 g/mol. The van der Waals surface area contributed by atoms with E-state index in [4.69, 9.17) is 0 Å². The molecule has 0 radical (unpaired) electrons. The highest BCUT2D eigenvalue weighted by atomic mass is 32.1. The van der Waals surface area contributed by atoms with Crippen LogP contribution in [0.4, 0.5) is 0 Å². The Hall–Kier alpha value is -1.62. The average Bonchev–Trinajstić information content (AvgIpc) is 3.07. The van der Waals surface area contributed by atoms with Crippen molar-refractivity contribution in [1.82, 2.24) is 9.80 Å². The quantitative estimate of drug-likeness (QED) is 0.774. The number of nitrogens with zero attached hydrogens (tertiary/aromatic N) is 2. The van der Waals surface area contributed by atoms with Crippen LogP contribution in [0.15, 0.2) is 29.0 Å². The van der Waals surface area contributed by atoms with Gasteiger partial charge in [0.2, 0.25) is 11.8 Å². The number of rotatable bonds is 4. The van der Waals surface area contributed by atoms with Crippen LogP contribution in [-0.4, -0.2) is 40.7 Å². The van der Waals surface area contributed by atoms with Gasteiger partial charge in [-0.1, -0.05) is 12.2 Å². The lowest BCUT2D eigenvalue weighted by molar-refractivity contribution is -0.137. The smallest absolute Gasteiger partial charge is 0.226 e. The van der Waals surface area contributed by atoms with E-state index in [2.05, 4.69) is 38.8 Å². The minimum absolute atomic E-state index is 0.170. The molecule has 1 spiro atoms. The van der Waals surface area contributed by atoms with E-state index < -0.39 is 0 Å². The number of amides is 2. The number of likely N-dealkylation sites (tertiary alicyclic amines) is 1. The van der Waals surface area contributed by atoms with Crippen molar-refractivity contribution in [3.63, 3.8) is 0 Å². The van der Waals surface area contributed by atoms with Gasteiger partial charge < -0.3 is 9.80 Å². The Morgan fingerprint density at radius 2 is 2.00 bits per heavy atom. The van der Waals surface area contributed by atoms with Gasteiger partial charge in [0, 0.05) is 38.5 Å². The molecule has 1 saturated carbocycles. The molecule has 1 aromatic rings. The number of carbonyl (C=O) groups is 2. The predicted octanol–water partition coefficient (Wildman–Crippen LogP) is 3.44. The second kappa shape index (κ2) is 6.60. The van der Waals surface area contributed by atoms with Gasteiger partial charge in [-0.3, -0.25) is 9.59 Å². The molecular weight excluding hydrogens is 332 g/mol. The number of hydrogen-bond acceptors (Lipinski definition) is 3. The van der Waals surface area contributed by atoms with Crippen LogP contribution < -0.4 is 0 Å². The van der Waals surface area contributed by atoms with E-state index in [9.17, 15) is 9.59 Å². The maximum absolute atomic E-state index is 12.6. The maximum Gasteiger partial charge on any atom is 0.226 e. The Bertz CT molecular complexity index is 666. The minimum Gasteiger partial charge on any atom is -0.342 e. The Kier molecular flexibility index (Phi) is 4.44. The van der Waals surface area contributed by atoms with Crippen LogP contribution in [0.5, 0.6) is 0 Å². The lowest BCUT2D eigenvalue weighted by Crippen LogP contribution is -2.44. The second-order valence-electron chi connectivity index (χ2n) is 7.83. The van der Waals surface area contributed by atoms with Crippen molar-refractivity contribution >= 4 is 23.2 Å². The van der Waals surface area contributed by atoms with Gasteiger partial charge in [-0.25, -0.2) is 0 Å². The van der Waals surface area contributed by atoms with Crippen molar-refractivity contribution in [1.29, 1.82) is 0 Å². The van der Waals surface area contributed by atoms with E-state index >= 15 is 0 Å². The molecule has 0 aromatic carbocycles. The second-order valence-corrected chi connectivity index (χ2v) is 8.61. The third-order valence-electron chi connectivity index (χ3n) is 6.29. The molecule has 4 nitrogen and oxygen atoms in total. The predicted molar refractivity (Wildman–Crippen MR) is 99.1 cm³/mol. The molecule has 0 unspecified atom stereocenters. The molecule has 2 aliphatic carbocycles. The van der Waals surface area contributed by atoms with E-state index in [-0.39, 0.29) is 17.2 Å². The zero-order valence-corrected chi connectivity index (χ0v) is 15.6. The first-order chi connectivity index (χ1) is 12.1. The topological polar surface area (TPSA) is 40.6 Å². The highest BCUT2D eigenvalue weighted by Crippen LogP contribution is 2.57. The van der Waals surface area contributed by atoms with Gasteiger partial charge in [-0.2, -0.15) is 11.3 Å². The summed E-state index contributed by atoms with van der Waals surface area (Å²) in [7, 11) is 0. The first-order valence-electron chi connectivity index (χ1n) is 9.31.